The Hall–Kier alpha value is -3.32. The van der Waals surface area contributed by atoms with Crippen LogP contribution in [-0.4, -0.2) is 44.9 Å². The van der Waals surface area contributed by atoms with E-state index < -0.39 is 10.6 Å². The van der Waals surface area contributed by atoms with Gasteiger partial charge in [-0.05, 0) is 43.0 Å². The van der Waals surface area contributed by atoms with E-state index in [0.717, 1.165) is 30.2 Å². The molecule has 3 aromatic rings. The topological polar surface area (TPSA) is 100 Å². The van der Waals surface area contributed by atoms with Crippen LogP contribution in [0.25, 0.3) is 10.8 Å². The summed E-state index contributed by atoms with van der Waals surface area (Å²) >= 11 is 0. The second-order valence-corrected chi connectivity index (χ2v) is 7.49. The van der Waals surface area contributed by atoms with Crippen molar-refractivity contribution in [2.75, 3.05) is 13.1 Å². The number of imide groups is 1. The number of carbonyl (C=O) groups is 2. The number of likely N-dealkylation sites (tertiary alicyclic amines) is 1. The van der Waals surface area contributed by atoms with Crippen molar-refractivity contribution < 1.29 is 19.2 Å². The lowest BCUT2D eigenvalue weighted by atomic mass is 10.0. The molecule has 7 nitrogen and oxygen atoms in total. The van der Waals surface area contributed by atoms with Crippen LogP contribution >= 0.6 is 0 Å². The van der Waals surface area contributed by atoms with Crippen LogP contribution in [0.2, 0.25) is 0 Å². The van der Waals surface area contributed by atoms with Crippen molar-refractivity contribution in [1.82, 2.24) is 10.2 Å². The van der Waals surface area contributed by atoms with Crippen LogP contribution in [0.3, 0.4) is 0 Å². The Labute approximate surface area is 167 Å². The van der Waals surface area contributed by atoms with E-state index in [9.17, 15) is 19.5 Å². The highest BCUT2D eigenvalue weighted by Gasteiger charge is 2.46. The molecule has 148 valence electrons. The Morgan fingerprint density at radius 3 is 2.45 bits per heavy atom. The maximum Gasteiger partial charge on any atom is 0.521 e. The summed E-state index contributed by atoms with van der Waals surface area (Å²) in [5.41, 5.74) is 1.68. The van der Waals surface area contributed by atoms with Gasteiger partial charge in [-0.15, -0.1) is 0 Å². The monoisotopic (exact) mass is 392 g/mol. The molecule has 29 heavy (non-hydrogen) atoms. The number of hydrogen-bond donors (Lipinski definition) is 2. The number of carbonyl (C=O) groups excluding carboxylic acids is 1. The zero-order chi connectivity index (χ0) is 20.4. The molecule has 7 heteroatoms. The number of fused-ring (bicyclic) bond motifs is 1. The number of nitrogens with zero attached hydrogens (tertiary/aromatic N) is 2. The number of benzene rings is 2. The van der Waals surface area contributed by atoms with Gasteiger partial charge in [-0.2, -0.15) is 14.4 Å². The van der Waals surface area contributed by atoms with E-state index in [2.05, 4.69) is 10.2 Å². The Morgan fingerprint density at radius 2 is 1.72 bits per heavy atom. The third kappa shape index (κ3) is 3.45. The van der Waals surface area contributed by atoms with Gasteiger partial charge in [0.1, 0.15) is 0 Å². The number of aromatic nitrogens is 2. The average molecular weight is 392 g/mol. The number of quaternary nitrogens is 1. The number of rotatable bonds is 3. The molecule has 1 aliphatic rings. The Kier molecular flexibility index (Phi) is 4.98. The molecule has 0 unspecified atom stereocenters. The fourth-order valence-corrected chi connectivity index (χ4v) is 4.09. The molecule has 4 rings (SSSR count). The molecule has 0 radical (unpaired) electrons. The van der Waals surface area contributed by atoms with E-state index in [-0.39, 0.29) is 11.5 Å². The van der Waals surface area contributed by atoms with Gasteiger partial charge in [0.15, 0.2) is 0 Å². The first-order valence-electron chi connectivity index (χ1n) is 9.72. The first-order chi connectivity index (χ1) is 14.0. The van der Waals surface area contributed by atoms with Gasteiger partial charge in [-0.3, -0.25) is 4.79 Å². The summed E-state index contributed by atoms with van der Waals surface area (Å²) in [6, 6.07) is 14.3. The second-order valence-electron chi connectivity index (χ2n) is 7.49. The Balaban J connectivity index is 1.68. The maximum absolute atomic E-state index is 13.2. The molecule has 2 amide bonds. The van der Waals surface area contributed by atoms with E-state index in [4.69, 9.17) is 0 Å². The van der Waals surface area contributed by atoms with E-state index >= 15 is 0 Å². The largest absolute Gasteiger partial charge is 0.521 e. The van der Waals surface area contributed by atoms with Crippen molar-refractivity contribution in [2.24, 2.45) is 0 Å². The minimum absolute atomic E-state index is 0.244. The lowest BCUT2D eigenvalue weighted by Crippen LogP contribution is -2.59. The van der Waals surface area contributed by atoms with Crippen molar-refractivity contribution in [3.05, 3.63) is 75.7 Å². The summed E-state index contributed by atoms with van der Waals surface area (Å²) in [6.07, 6.45) is 1.74. The van der Waals surface area contributed by atoms with E-state index in [1.807, 2.05) is 18.2 Å². The van der Waals surface area contributed by atoms with E-state index in [1.165, 1.54) is 0 Å². The van der Waals surface area contributed by atoms with Crippen molar-refractivity contribution in [2.45, 2.75) is 25.7 Å². The summed E-state index contributed by atoms with van der Waals surface area (Å²) in [5.74, 6) is -0.377. The summed E-state index contributed by atoms with van der Waals surface area (Å²) < 4.78 is -0.538. The predicted molar refractivity (Wildman–Crippen MR) is 108 cm³/mol. The van der Waals surface area contributed by atoms with Gasteiger partial charge in [0, 0.05) is 11.8 Å². The molecule has 1 aromatic heterocycles. The smallest absolute Gasteiger partial charge is 0.435 e. The molecular formula is C22H22N3O4+. The molecule has 2 heterocycles. The second kappa shape index (κ2) is 7.60. The fraction of sp³-hybridized carbons (Fsp3) is 0.273. The average Bonchev–Trinajstić information content (AvgIpc) is 2.76. The molecular weight excluding hydrogens is 370 g/mol. The summed E-state index contributed by atoms with van der Waals surface area (Å²) in [7, 11) is 0. The van der Waals surface area contributed by atoms with Gasteiger partial charge in [0.25, 0.3) is 5.56 Å². The van der Waals surface area contributed by atoms with Crippen molar-refractivity contribution in [1.29, 1.82) is 0 Å². The van der Waals surface area contributed by atoms with Gasteiger partial charge >= 0.3 is 12.0 Å². The first kappa shape index (κ1) is 19.0. The van der Waals surface area contributed by atoms with Crippen LogP contribution in [0.1, 0.15) is 40.9 Å². The minimum Gasteiger partial charge on any atom is -0.435 e. The van der Waals surface area contributed by atoms with E-state index in [1.54, 1.807) is 30.3 Å². The van der Waals surface area contributed by atoms with Crippen LogP contribution in [0, 0.1) is 0 Å². The molecule has 1 fully saturated rings. The molecule has 0 saturated carbocycles. The third-order valence-corrected chi connectivity index (χ3v) is 5.66. The number of amides is 2. The highest BCUT2D eigenvalue weighted by molar-refractivity contribution is 5.94. The quantitative estimate of drug-likeness (QED) is 0.666. The summed E-state index contributed by atoms with van der Waals surface area (Å²) in [5, 5.41) is 17.8. The molecule has 2 N–H and O–H groups in total. The lowest BCUT2D eigenvalue weighted by molar-refractivity contribution is -0.781. The van der Waals surface area contributed by atoms with Crippen LogP contribution in [0.15, 0.2) is 53.3 Å². The molecule has 0 aliphatic carbocycles. The van der Waals surface area contributed by atoms with Gasteiger partial charge in [-0.25, -0.2) is 9.89 Å². The summed E-state index contributed by atoms with van der Waals surface area (Å²) in [6.45, 7) is 0.648. The van der Waals surface area contributed by atoms with Gasteiger partial charge in [0.05, 0.1) is 29.7 Å². The van der Waals surface area contributed by atoms with Gasteiger partial charge in [0.2, 0.25) is 0 Å². The van der Waals surface area contributed by atoms with Crippen LogP contribution < -0.4 is 5.56 Å². The number of nitrogens with one attached hydrogen (secondary N) is 1. The highest BCUT2D eigenvalue weighted by atomic mass is 16.4. The van der Waals surface area contributed by atoms with Crippen molar-refractivity contribution in [3.63, 3.8) is 0 Å². The van der Waals surface area contributed by atoms with Crippen LogP contribution in [-0.2, 0) is 6.42 Å². The SMILES string of the molecule is O=C(O)[N+]1(C(=O)c2cccc(Cc3n[nH]c(=O)c4ccccc34)c2)CCCCC1. The molecule has 2 aromatic carbocycles. The normalized spacial score (nSPS) is 15.9. The molecule has 0 atom stereocenters. The van der Waals surface area contributed by atoms with Crippen LogP contribution in [0.5, 0.6) is 0 Å². The standard InChI is InChI=1S/C22H21N3O4/c26-20-18-10-3-2-9-17(18)19(23-24-20)14-15-7-6-8-16(13-15)21(27)25(22(28)29)11-4-1-5-12-25/h2-3,6-10,13H,1,4-5,11-12,14H2,(H-,24,26,28,29)/p+1. The lowest BCUT2D eigenvalue weighted by Gasteiger charge is -2.33. The van der Waals surface area contributed by atoms with Crippen LogP contribution in [0.4, 0.5) is 4.79 Å². The van der Waals surface area contributed by atoms with Crippen molar-refractivity contribution in [3.8, 4) is 0 Å². The van der Waals surface area contributed by atoms with E-state index in [0.29, 0.717) is 36.2 Å². The number of H-pyrrole nitrogens is 1. The summed E-state index contributed by atoms with van der Waals surface area (Å²) in [4.78, 5) is 37.1. The zero-order valence-corrected chi connectivity index (χ0v) is 15.9. The number of carboxylic acid groups (broad SMARTS) is 1. The maximum atomic E-state index is 13.2. The zero-order valence-electron chi connectivity index (χ0n) is 15.9. The third-order valence-electron chi connectivity index (χ3n) is 5.66. The van der Waals surface area contributed by atoms with Crippen molar-refractivity contribution >= 4 is 22.8 Å². The number of aromatic amines is 1. The number of hydrogen-bond acceptors (Lipinski definition) is 4. The Bertz CT molecular complexity index is 1150. The highest BCUT2D eigenvalue weighted by Crippen LogP contribution is 2.24. The molecule has 0 bridgehead atoms. The Morgan fingerprint density at radius 1 is 1.00 bits per heavy atom. The molecule has 1 aliphatic heterocycles. The fourth-order valence-electron chi connectivity index (χ4n) is 4.09. The van der Waals surface area contributed by atoms with Gasteiger partial charge < -0.3 is 5.11 Å². The predicted octanol–water partition coefficient (Wildman–Crippen LogP) is 3.33. The molecule has 0 spiro atoms. The minimum atomic E-state index is -1.09. The first-order valence-corrected chi connectivity index (χ1v) is 9.72. The molecule has 1 saturated heterocycles. The van der Waals surface area contributed by atoms with Gasteiger partial charge in [-0.1, -0.05) is 30.3 Å². The number of piperidine rings is 1.